The highest BCUT2D eigenvalue weighted by molar-refractivity contribution is 4.94. The van der Waals surface area contributed by atoms with Gasteiger partial charge in [0.15, 0.2) is 0 Å². The predicted octanol–water partition coefficient (Wildman–Crippen LogP) is -0.464. The van der Waals surface area contributed by atoms with Gasteiger partial charge in [-0.05, 0) is 24.9 Å². The molecular weight excluding hydrogens is 152 g/mol. The lowest BCUT2D eigenvalue weighted by Crippen LogP contribution is -2.48. The van der Waals surface area contributed by atoms with Crippen molar-refractivity contribution in [3.63, 3.8) is 0 Å². The standard InChI is InChI=1S/C9H16N2O/c1-7-3-11(9-5-12-6-9)4-8(7)2-10-1/h7-10H,1-6H2. The first-order chi connectivity index (χ1) is 5.93. The number of hydrogen-bond acceptors (Lipinski definition) is 3. The molecule has 0 aliphatic carbocycles. The average Bonchev–Trinajstić information content (AvgIpc) is 2.40. The highest BCUT2D eigenvalue weighted by Crippen LogP contribution is 2.29. The van der Waals surface area contributed by atoms with Gasteiger partial charge in [0.05, 0.1) is 19.3 Å². The van der Waals surface area contributed by atoms with Crippen LogP contribution in [0.5, 0.6) is 0 Å². The van der Waals surface area contributed by atoms with E-state index in [0.29, 0.717) is 0 Å². The molecule has 0 aromatic rings. The first-order valence-corrected chi connectivity index (χ1v) is 4.96. The second-order valence-electron chi connectivity index (χ2n) is 4.32. The number of fused-ring (bicyclic) bond motifs is 1. The second-order valence-corrected chi connectivity index (χ2v) is 4.32. The van der Waals surface area contributed by atoms with E-state index in [1.807, 2.05) is 0 Å². The maximum Gasteiger partial charge on any atom is 0.0645 e. The van der Waals surface area contributed by atoms with Crippen molar-refractivity contribution in [2.45, 2.75) is 6.04 Å². The highest BCUT2D eigenvalue weighted by atomic mass is 16.5. The normalized spacial score (nSPS) is 43.0. The largest absolute Gasteiger partial charge is 0.378 e. The average molecular weight is 168 g/mol. The van der Waals surface area contributed by atoms with Crippen LogP contribution < -0.4 is 5.32 Å². The van der Waals surface area contributed by atoms with Crippen LogP contribution in [0.25, 0.3) is 0 Å². The molecule has 3 rings (SSSR count). The summed E-state index contributed by atoms with van der Waals surface area (Å²) in [7, 11) is 0. The maximum absolute atomic E-state index is 5.21. The summed E-state index contributed by atoms with van der Waals surface area (Å²) in [4.78, 5) is 2.62. The fraction of sp³-hybridized carbons (Fsp3) is 1.00. The van der Waals surface area contributed by atoms with Crippen molar-refractivity contribution >= 4 is 0 Å². The van der Waals surface area contributed by atoms with Gasteiger partial charge < -0.3 is 10.1 Å². The van der Waals surface area contributed by atoms with Crippen LogP contribution in [0.4, 0.5) is 0 Å². The second kappa shape index (κ2) is 2.69. The molecule has 3 fully saturated rings. The molecule has 0 amide bonds. The lowest BCUT2D eigenvalue weighted by molar-refractivity contribution is -0.0591. The summed E-state index contributed by atoms with van der Waals surface area (Å²) in [5, 5.41) is 3.46. The Bertz CT molecular complexity index is 169. The molecule has 0 spiro atoms. The van der Waals surface area contributed by atoms with Crippen LogP contribution in [0.1, 0.15) is 0 Å². The van der Waals surface area contributed by atoms with E-state index >= 15 is 0 Å². The van der Waals surface area contributed by atoms with Crippen LogP contribution in [0, 0.1) is 11.8 Å². The molecular formula is C9H16N2O. The lowest BCUT2D eigenvalue weighted by atomic mass is 10.0. The van der Waals surface area contributed by atoms with Gasteiger partial charge in [0.2, 0.25) is 0 Å². The van der Waals surface area contributed by atoms with Gasteiger partial charge in [-0.2, -0.15) is 0 Å². The maximum atomic E-state index is 5.21. The third kappa shape index (κ3) is 1.00. The first kappa shape index (κ1) is 7.30. The zero-order valence-corrected chi connectivity index (χ0v) is 7.33. The number of ether oxygens (including phenoxy) is 1. The molecule has 0 radical (unpaired) electrons. The molecule has 68 valence electrons. The van der Waals surface area contributed by atoms with E-state index in [9.17, 15) is 0 Å². The van der Waals surface area contributed by atoms with E-state index in [0.717, 1.165) is 31.1 Å². The van der Waals surface area contributed by atoms with Gasteiger partial charge in [-0.1, -0.05) is 0 Å². The Kier molecular flexibility index (Phi) is 1.63. The third-order valence-electron chi connectivity index (χ3n) is 3.55. The molecule has 3 heterocycles. The van der Waals surface area contributed by atoms with Crippen LogP contribution in [-0.4, -0.2) is 50.3 Å². The Hall–Kier alpha value is -0.120. The summed E-state index contributed by atoms with van der Waals surface area (Å²) >= 11 is 0. The molecule has 0 aromatic heterocycles. The number of nitrogens with one attached hydrogen (secondary N) is 1. The van der Waals surface area contributed by atoms with Crippen LogP contribution in [0.3, 0.4) is 0 Å². The Labute approximate surface area is 73.1 Å². The zero-order chi connectivity index (χ0) is 7.97. The first-order valence-electron chi connectivity index (χ1n) is 4.96. The Morgan fingerprint density at radius 1 is 1.08 bits per heavy atom. The number of rotatable bonds is 1. The quantitative estimate of drug-likeness (QED) is 0.573. The molecule has 0 aromatic carbocycles. The molecule has 3 aliphatic heterocycles. The predicted molar refractivity (Wildman–Crippen MR) is 46.0 cm³/mol. The van der Waals surface area contributed by atoms with Crippen molar-refractivity contribution in [3.8, 4) is 0 Å². The minimum absolute atomic E-state index is 0.760. The van der Waals surface area contributed by atoms with Crippen LogP contribution in [-0.2, 0) is 4.74 Å². The molecule has 3 heteroatoms. The van der Waals surface area contributed by atoms with Crippen molar-refractivity contribution in [2.24, 2.45) is 11.8 Å². The van der Waals surface area contributed by atoms with E-state index in [2.05, 4.69) is 10.2 Å². The summed E-state index contributed by atoms with van der Waals surface area (Å²) in [6, 6.07) is 0.760. The molecule has 3 saturated heterocycles. The zero-order valence-electron chi connectivity index (χ0n) is 7.33. The number of nitrogens with zero attached hydrogens (tertiary/aromatic N) is 1. The van der Waals surface area contributed by atoms with Gasteiger partial charge in [0, 0.05) is 13.1 Å². The molecule has 2 unspecified atom stereocenters. The smallest absolute Gasteiger partial charge is 0.0645 e. The Morgan fingerprint density at radius 2 is 1.75 bits per heavy atom. The van der Waals surface area contributed by atoms with Gasteiger partial charge in [-0.15, -0.1) is 0 Å². The van der Waals surface area contributed by atoms with Crippen LogP contribution in [0.15, 0.2) is 0 Å². The lowest BCUT2D eigenvalue weighted by Gasteiger charge is -2.34. The van der Waals surface area contributed by atoms with E-state index in [4.69, 9.17) is 4.74 Å². The third-order valence-corrected chi connectivity index (χ3v) is 3.55. The topological polar surface area (TPSA) is 24.5 Å². The van der Waals surface area contributed by atoms with Crippen molar-refractivity contribution in [1.82, 2.24) is 10.2 Å². The molecule has 2 atom stereocenters. The van der Waals surface area contributed by atoms with E-state index < -0.39 is 0 Å². The summed E-state index contributed by atoms with van der Waals surface area (Å²) in [6.45, 7) is 7.07. The van der Waals surface area contributed by atoms with E-state index in [1.165, 1.54) is 26.2 Å². The minimum Gasteiger partial charge on any atom is -0.378 e. The van der Waals surface area contributed by atoms with Crippen molar-refractivity contribution in [3.05, 3.63) is 0 Å². The van der Waals surface area contributed by atoms with E-state index in [-0.39, 0.29) is 0 Å². The van der Waals surface area contributed by atoms with Crippen molar-refractivity contribution in [2.75, 3.05) is 39.4 Å². The monoisotopic (exact) mass is 168 g/mol. The van der Waals surface area contributed by atoms with Gasteiger partial charge >= 0.3 is 0 Å². The van der Waals surface area contributed by atoms with Gasteiger partial charge in [0.1, 0.15) is 0 Å². The van der Waals surface area contributed by atoms with Crippen molar-refractivity contribution in [1.29, 1.82) is 0 Å². The molecule has 3 nitrogen and oxygen atoms in total. The SMILES string of the molecule is C1NCC2CN(C3COC3)CC12. The van der Waals surface area contributed by atoms with E-state index in [1.54, 1.807) is 0 Å². The van der Waals surface area contributed by atoms with Crippen molar-refractivity contribution < 1.29 is 4.74 Å². The summed E-state index contributed by atoms with van der Waals surface area (Å²) in [5.74, 6) is 1.87. The summed E-state index contributed by atoms with van der Waals surface area (Å²) < 4.78 is 5.21. The molecule has 3 aliphatic rings. The number of hydrogen-bond donors (Lipinski definition) is 1. The van der Waals surface area contributed by atoms with Gasteiger partial charge in [-0.3, -0.25) is 4.90 Å². The minimum atomic E-state index is 0.760. The highest BCUT2D eigenvalue weighted by Gasteiger charge is 2.40. The molecule has 0 bridgehead atoms. The Morgan fingerprint density at radius 3 is 2.25 bits per heavy atom. The fourth-order valence-electron chi connectivity index (χ4n) is 2.62. The summed E-state index contributed by atoms with van der Waals surface area (Å²) in [5.41, 5.74) is 0. The van der Waals surface area contributed by atoms with Crippen LogP contribution in [0.2, 0.25) is 0 Å². The fourth-order valence-corrected chi connectivity index (χ4v) is 2.62. The van der Waals surface area contributed by atoms with Crippen LogP contribution >= 0.6 is 0 Å². The summed E-state index contributed by atoms with van der Waals surface area (Å²) in [6.07, 6.45) is 0. The molecule has 0 saturated carbocycles. The van der Waals surface area contributed by atoms with Gasteiger partial charge in [0.25, 0.3) is 0 Å². The number of likely N-dealkylation sites (tertiary alicyclic amines) is 1. The van der Waals surface area contributed by atoms with Gasteiger partial charge in [-0.25, -0.2) is 0 Å². The Balaban J connectivity index is 1.63. The molecule has 12 heavy (non-hydrogen) atoms. The molecule has 1 N–H and O–H groups in total.